The van der Waals surface area contributed by atoms with E-state index in [9.17, 15) is 0 Å². The van der Waals surface area contributed by atoms with E-state index in [1.807, 2.05) is 33.2 Å². The van der Waals surface area contributed by atoms with E-state index in [0.717, 1.165) is 22.6 Å². The minimum atomic E-state index is 0.271. The summed E-state index contributed by atoms with van der Waals surface area (Å²) in [5.41, 5.74) is 9.26. The van der Waals surface area contributed by atoms with Gasteiger partial charge in [0.2, 0.25) is 0 Å². The van der Waals surface area contributed by atoms with E-state index in [0.29, 0.717) is 5.84 Å². The Morgan fingerprint density at radius 1 is 1.14 bits per heavy atom. The fourth-order valence-corrected chi connectivity index (χ4v) is 1.80. The van der Waals surface area contributed by atoms with Gasteiger partial charge >= 0.3 is 0 Å². The van der Waals surface area contributed by atoms with Crippen LogP contribution in [0.3, 0.4) is 0 Å². The zero-order valence-electron chi connectivity index (χ0n) is 13.3. The Balaban J connectivity index is 2.23. The summed E-state index contributed by atoms with van der Waals surface area (Å²) >= 11 is 0. The molecule has 0 aliphatic carbocycles. The third-order valence-electron chi connectivity index (χ3n) is 3.00. The van der Waals surface area contributed by atoms with Crippen LogP contribution in [0, 0.1) is 6.92 Å². The molecule has 0 saturated carbocycles. The highest BCUT2D eigenvalue weighted by Crippen LogP contribution is 2.15. The van der Waals surface area contributed by atoms with E-state index in [-0.39, 0.29) is 5.95 Å². The van der Waals surface area contributed by atoms with E-state index in [4.69, 9.17) is 5.73 Å². The van der Waals surface area contributed by atoms with Crippen molar-refractivity contribution >= 4 is 29.6 Å². The maximum Gasteiger partial charge on any atom is 0.271 e. The maximum absolute atomic E-state index is 5.54. The van der Waals surface area contributed by atoms with Gasteiger partial charge < -0.3 is 10.6 Å². The van der Waals surface area contributed by atoms with E-state index in [2.05, 4.69) is 49.3 Å². The van der Waals surface area contributed by atoms with Crippen molar-refractivity contribution in [1.29, 1.82) is 0 Å². The van der Waals surface area contributed by atoms with Gasteiger partial charge in [0, 0.05) is 19.8 Å². The highest BCUT2D eigenvalue weighted by atomic mass is 15.2. The summed E-state index contributed by atoms with van der Waals surface area (Å²) in [5, 5.41) is 7.95. The van der Waals surface area contributed by atoms with Gasteiger partial charge in [-0.3, -0.25) is 0 Å². The van der Waals surface area contributed by atoms with Crippen molar-refractivity contribution in [2.24, 2.45) is 10.7 Å². The van der Waals surface area contributed by atoms with Crippen LogP contribution in [0.4, 0.5) is 11.6 Å². The molecule has 0 fully saturated rings. The Morgan fingerprint density at radius 3 is 2.41 bits per heavy atom. The second-order valence-corrected chi connectivity index (χ2v) is 5.15. The van der Waals surface area contributed by atoms with Gasteiger partial charge in [0.1, 0.15) is 0 Å². The normalized spacial score (nSPS) is 11.9. The first-order valence-corrected chi connectivity index (χ1v) is 6.93. The second-order valence-electron chi connectivity index (χ2n) is 5.15. The zero-order chi connectivity index (χ0) is 16.1. The van der Waals surface area contributed by atoms with Crippen LogP contribution in [0.15, 0.2) is 29.3 Å². The predicted octanol–water partition coefficient (Wildman–Crippen LogP) is 2.43. The molecule has 0 amide bonds. The highest BCUT2D eigenvalue weighted by molar-refractivity contribution is 5.79. The first-order valence-electron chi connectivity index (χ1n) is 6.93. The molecule has 0 bridgehead atoms. The molecular formula is C16H20N6. The number of hydrogen-bond acceptors (Lipinski definition) is 5. The molecule has 0 spiro atoms. The lowest BCUT2D eigenvalue weighted by atomic mass is 10.1. The van der Waals surface area contributed by atoms with Crippen LogP contribution in [-0.4, -0.2) is 35.1 Å². The van der Waals surface area contributed by atoms with Gasteiger partial charge in [0.05, 0.1) is 17.2 Å². The second kappa shape index (κ2) is 6.80. The van der Waals surface area contributed by atoms with Crippen molar-refractivity contribution in [3.05, 3.63) is 41.2 Å². The summed E-state index contributed by atoms with van der Waals surface area (Å²) in [6.45, 7) is 3.54. The van der Waals surface area contributed by atoms with Crippen LogP contribution in [0.1, 0.15) is 23.9 Å². The molecule has 0 radical (unpaired) electrons. The van der Waals surface area contributed by atoms with Crippen LogP contribution in [0.2, 0.25) is 0 Å². The van der Waals surface area contributed by atoms with E-state index >= 15 is 0 Å². The average molecular weight is 296 g/mol. The Morgan fingerprint density at radius 2 is 1.82 bits per heavy atom. The topological polar surface area (TPSA) is 80.3 Å². The lowest BCUT2D eigenvalue weighted by molar-refractivity contribution is 0.914. The zero-order valence-corrected chi connectivity index (χ0v) is 13.3. The Kier molecular flexibility index (Phi) is 4.83. The molecule has 1 aromatic carbocycles. The molecule has 1 aromatic heterocycles. The van der Waals surface area contributed by atoms with Crippen molar-refractivity contribution in [2.45, 2.75) is 13.8 Å². The molecule has 2 N–H and O–H groups in total. The third kappa shape index (κ3) is 4.12. The first-order chi connectivity index (χ1) is 10.5. The van der Waals surface area contributed by atoms with Crippen molar-refractivity contribution in [3.8, 4) is 0 Å². The Bertz CT molecular complexity index is 697. The van der Waals surface area contributed by atoms with Crippen LogP contribution >= 0.6 is 0 Å². The SMILES string of the molecule is C/C(N)=N\c1nnc(C)c(/C=C/c2ccc(N(C)C)cc2)n1. The number of amidine groups is 1. The smallest absolute Gasteiger partial charge is 0.271 e. The molecule has 0 aliphatic heterocycles. The monoisotopic (exact) mass is 296 g/mol. The quantitative estimate of drug-likeness (QED) is 0.692. The van der Waals surface area contributed by atoms with Gasteiger partial charge in [-0.2, -0.15) is 4.99 Å². The van der Waals surface area contributed by atoms with Crippen LogP contribution in [-0.2, 0) is 0 Å². The number of aromatic nitrogens is 3. The molecule has 6 heteroatoms. The number of nitrogens with zero attached hydrogens (tertiary/aromatic N) is 5. The molecule has 2 rings (SSSR count). The Labute approximate surface area is 130 Å². The van der Waals surface area contributed by atoms with Crippen molar-refractivity contribution in [1.82, 2.24) is 15.2 Å². The number of rotatable bonds is 4. The molecule has 114 valence electrons. The summed E-state index contributed by atoms with van der Waals surface area (Å²) < 4.78 is 0. The predicted molar refractivity (Wildman–Crippen MR) is 91.2 cm³/mol. The molecule has 2 aromatic rings. The van der Waals surface area contributed by atoms with E-state index in [1.54, 1.807) is 6.92 Å². The standard InChI is InChI=1S/C16H20N6/c1-11-15(19-16(21-20-11)18-12(2)17)10-7-13-5-8-14(9-6-13)22(3)4/h5-10H,1-4H3,(H2,17,18,19,21)/b10-7+. The molecule has 0 unspecified atom stereocenters. The fourth-order valence-electron chi connectivity index (χ4n) is 1.80. The lowest BCUT2D eigenvalue weighted by Gasteiger charge is -2.11. The first kappa shape index (κ1) is 15.6. The minimum Gasteiger partial charge on any atom is -0.387 e. The number of nitrogens with two attached hydrogens (primary N) is 1. The average Bonchev–Trinajstić information content (AvgIpc) is 2.47. The summed E-state index contributed by atoms with van der Waals surface area (Å²) in [6, 6.07) is 8.24. The Hall–Kier alpha value is -2.76. The molecule has 22 heavy (non-hydrogen) atoms. The van der Waals surface area contributed by atoms with E-state index in [1.165, 1.54) is 0 Å². The minimum absolute atomic E-state index is 0.271. The van der Waals surface area contributed by atoms with Crippen LogP contribution < -0.4 is 10.6 Å². The summed E-state index contributed by atoms with van der Waals surface area (Å²) in [7, 11) is 4.03. The maximum atomic E-state index is 5.54. The molecular weight excluding hydrogens is 276 g/mol. The molecule has 0 atom stereocenters. The number of aryl methyl sites for hydroxylation is 1. The van der Waals surface area contributed by atoms with Crippen molar-refractivity contribution in [3.63, 3.8) is 0 Å². The molecule has 0 aliphatic rings. The number of anilines is 1. The van der Waals surface area contributed by atoms with Gasteiger partial charge in [0.15, 0.2) is 0 Å². The third-order valence-corrected chi connectivity index (χ3v) is 3.00. The van der Waals surface area contributed by atoms with Gasteiger partial charge in [0.25, 0.3) is 5.95 Å². The van der Waals surface area contributed by atoms with Crippen LogP contribution in [0.5, 0.6) is 0 Å². The largest absolute Gasteiger partial charge is 0.387 e. The number of aliphatic imine (C=N–C) groups is 1. The highest BCUT2D eigenvalue weighted by Gasteiger charge is 2.02. The van der Waals surface area contributed by atoms with Gasteiger partial charge in [-0.15, -0.1) is 10.2 Å². The van der Waals surface area contributed by atoms with E-state index < -0.39 is 0 Å². The summed E-state index contributed by atoms with van der Waals surface area (Å²) in [5.74, 6) is 0.674. The van der Waals surface area contributed by atoms with Crippen molar-refractivity contribution < 1.29 is 0 Å². The number of benzene rings is 1. The fraction of sp³-hybridized carbons (Fsp3) is 0.250. The van der Waals surface area contributed by atoms with Crippen molar-refractivity contribution in [2.75, 3.05) is 19.0 Å². The molecule has 0 saturated heterocycles. The van der Waals surface area contributed by atoms with Gasteiger partial charge in [-0.25, -0.2) is 4.98 Å². The summed E-state index contributed by atoms with van der Waals surface area (Å²) in [4.78, 5) is 10.4. The summed E-state index contributed by atoms with van der Waals surface area (Å²) in [6.07, 6.45) is 3.89. The van der Waals surface area contributed by atoms with Gasteiger partial charge in [-0.05, 0) is 37.6 Å². The molecule has 1 heterocycles. The molecule has 6 nitrogen and oxygen atoms in total. The lowest BCUT2D eigenvalue weighted by Crippen LogP contribution is -2.07. The number of hydrogen-bond donors (Lipinski definition) is 1. The van der Waals surface area contributed by atoms with Crippen LogP contribution in [0.25, 0.3) is 12.2 Å². The van der Waals surface area contributed by atoms with Gasteiger partial charge in [-0.1, -0.05) is 18.2 Å².